The maximum Gasteiger partial charge on any atom is 0.338 e. The van der Waals surface area contributed by atoms with E-state index >= 15 is 0 Å². The van der Waals surface area contributed by atoms with Crippen LogP contribution in [0.25, 0.3) is 17.4 Å². The van der Waals surface area contributed by atoms with Crippen LogP contribution in [0, 0.1) is 17.0 Å². The van der Waals surface area contributed by atoms with Crippen LogP contribution in [-0.4, -0.2) is 22.1 Å². The molecule has 0 bridgehead atoms. The number of rotatable bonds is 6. The number of hydrogen-bond acceptors (Lipinski definition) is 8. The summed E-state index contributed by atoms with van der Waals surface area (Å²) in [5.74, 6) is 0.445. The number of thiazole rings is 1. The number of aromatic nitrogens is 1. The summed E-state index contributed by atoms with van der Waals surface area (Å²) in [7, 11) is 0. The van der Waals surface area contributed by atoms with Gasteiger partial charge < -0.3 is 9.15 Å². The van der Waals surface area contributed by atoms with Crippen LogP contribution in [0.15, 0.2) is 86.1 Å². The Bertz CT molecular complexity index is 1760. The number of carbonyl (C=O) groups excluding carboxylic acids is 1. The lowest BCUT2D eigenvalue weighted by Crippen LogP contribution is -2.39. The van der Waals surface area contributed by atoms with E-state index in [1.807, 2.05) is 31.2 Å². The zero-order chi connectivity index (χ0) is 27.0. The van der Waals surface area contributed by atoms with E-state index in [0.29, 0.717) is 37.7 Å². The lowest BCUT2D eigenvalue weighted by Gasteiger charge is -2.24. The van der Waals surface area contributed by atoms with Gasteiger partial charge in [0.05, 0.1) is 33.4 Å². The molecule has 4 aromatic rings. The molecule has 0 aliphatic carbocycles. The number of esters is 1. The largest absolute Gasteiger partial charge is 0.463 e. The van der Waals surface area contributed by atoms with Crippen molar-refractivity contribution in [1.82, 2.24) is 4.57 Å². The molecule has 2 aromatic heterocycles. The predicted molar refractivity (Wildman–Crippen MR) is 142 cm³/mol. The Labute approximate surface area is 220 Å². The molecule has 0 saturated heterocycles. The summed E-state index contributed by atoms with van der Waals surface area (Å²) < 4.78 is 13.2. The number of hydrogen-bond donors (Lipinski definition) is 0. The molecule has 1 atom stereocenters. The van der Waals surface area contributed by atoms with Crippen LogP contribution in [0.2, 0.25) is 0 Å². The quantitative estimate of drug-likeness (QED) is 0.209. The molecule has 0 saturated carbocycles. The molecule has 9 nitrogen and oxygen atoms in total. The van der Waals surface area contributed by atoms with Gasteiger partial charge in [0.25, 0.3) is 11.2 Å². The highest BCUT2D eigenvalue weighted by Gasteiger charge is 2.33. The Morgan fingerprint density at radius 2 is 1.84 bits per heavy atom. The molecular weight excluding hydrogens is 506 g/mol. The number of ether oxygens (including phenoxy) is 1. The highest BCUT2D eigenvalue weighted by molar-refractivity contribution is 7.07. The molecule has 0 amide bonds. The molecule has 0 radical (unpaired) electrons. The van der Waals surface area contributed by atoms with E-state index < -0.39 is 16.9 Å². The van der Waals surface area contributed by atoms with Crippen LogP contribution in [0.3, 0.4) is 0 Å². The zero-order valence-corrected chi connectivity index (χ0v) is 21.7. The Morgan fingerprint density at radius 3 is 2.50 bits per heavy atom. The van der Waals surface area contributed by atoms with Crippen molar-refractivity contribution in [3.05, 3.63) is 119 Å². The Morgan fingerprint density at radius 1 is 1.13 bits per heavy atom. The number of fused-ring (bicyclic) bond motifs is 1. The van der Waals surface area contributed by atoms with Gasteiger partial charge in [-0.15, -0.1) is 0 Å². The fourth-order valence-corrected chi connectivity index (χ4v) is 5.34. The minimum atomic E-state index is -0.680. The Kier molecular flexibility index (Phi) is 6.64. The molecule has 38 heavy (non-hydrogen) atoms. The van der Waals surface area contributed by atoms with Gasteiger partial charge in [0.2, 0.25) is 0 Å². The number of nitrogens with zero attached hydrogens (tertiary/aromatic N) is 3. The standard InChI is InChI=1S/C28H23N3O6S/c1-4-36-27(33)24-17(3)29-28-30(25(24)19-7-5-16(2)6-8-19)26(32)23(38-28)15-21-13-14-22(37-21)18-9-11-20(12-10-18)31(34)35/h5-15,25H,4H2,1-3H3/b23-15+/t25-/m0/s1. The molecule has 3 heterocycles. The lowest BCUT2D eigenvalue weighted by atomic mass is 9.95. The summed E-state index contributed by atoms with van der Waals surface area (Å²) in [6.07, 6.45) is 1.63. The third-order valence-electron chi connectivity index (χ3n) is 6.17. The molecule has 0 unspecified atom stereocenters. The number of benzene rings is 2. The minimum absolute atomic E-state index is 0.0118. The van der Waals surface area contributed by atoms with Crippen molar-refractivity contribution in [3.63, 3.8) is 0 Å². The molecule has 0 spiro atoms. The smallest absolute Gasteiger partial charge is 0.338 e. The Hall–Kier alpha value is -4.57. The van der Waals surface area contributed by atoms with Gasteiger partial charge in [-0.2, -0.15) is 0 Å². The number of nitro groups is 1. The van der Waals surface area contributed by atoms with Gasteiger partial charge in [0.15, 0.2) is 4.80 Å². The van der Waals surface area contributed by atoms with E-state index in [0.717, 1.165) is 11.1 Å². The molecular formula is C28H23N3O6S. The second-order valence-corrected chi connectivity index (χ2v) is 9.73. The summed E-state index contributed by atoms with van der Waals surface area (Å²) in [5.41, 5.74) is 3.02. The molecule has 1 aliphatic rings. The van der Waals surface area contributed by atoms with Gasteiger partial charge in [-0.3, -0.25) is 19.5 Å². The Balaban J connectivity index is 1.59. The molecule has 1 aliphatic heterocycles. The summed E-state index contributed by atoms with van der Waals surface area (Å²) in [4.78, 5) is 42.2. The van der Waals surface area contributed by atoms with Gasteiger partial charge in [-0.25, -0.2) is 9.79 Å². The van der Waals surface area contributed by atoms with Crippen molar-refractivity contribution in [1.29, 1.82) is 0 Å². The second-order valence-electron chi connectivity index (χ2n) is 8.72. The third kappa shape index (κ3) is 4.61. The first-order valence-electron chi connectivity index (χ1n) is 11.9. The number of aryl methyl sites for hydroxylation is 1. The third-order valence-corrected chi connectivity index (χ3v) is 7.16. The molecule has 10 heteroatoms. The maximum absolute atomic E-state index is 13.7. The maximum atomic E-state index is 13.7. The van der Waals surface area contributed by atoms with E-state index in [4.69, 9.17) is 9.15 Å². The SMILES string of the molecule is CCOC(=O)C1=C(C)N=c2s/c(=C/c3ccc(-c4ccc([N+](=O)[O-])cc4)o3)c(=O)n2[C@H]1c1ccc(C)cc1. The second kappa shape index (κ2) is 10.1. The van der Waals surface area contributed by atoms with Crippen molar-refractivity contribution in [2.24, 2.45) is 4.99 Å². The fourth-order valence-electron chi connectivity index (χ4n) is 4.32. The summed E-state index contributed by atoms with van der Waals surface area (Å²) >= 11 is 1.21. The zero-order valence-electron chi connectivity index (χ0n) is 20.8. The van der Waals surface area contributed by atoms with Crippen LogP contribution >= 0.6 is 11.3 Å². The first-order chi connectivity index (χ1) is 18.3. The van der Waals surface area contributed by atoms with E-state index in [-0.39, 0.29) is 17.9 Å². The van der Waals surface area contributed by atoms with Crippen molar-refractivity contribution >= 4 is 29.1 Å². The predicted octanol–water partition coefficient (Wildman–Crippen LogP) is 4.27. The van der Waals surface area contributed by atoms with Crippen LogP contribution in [0.4, 0.5) is 5.69 Å². The summed E-state index contributed by atoms with van der Waals surface area (Å²) in [5, 5.41) is 10.9. The average Bonchev–Trinajstić information content (AvgIpc) is 3.48. The first kappa shape index (κ1) is 25.1. The van der Waals surface area contributed by atoms with Gasteiger partial charge in [-0.1, -0.05) is 41.2 Å². The molecule has 0 N–H and O–H groups in total. The lowest BCUT2D eigenvalue weighted by molar-refractivity contribution is -0.384. The first-order valence-corrected chi connectivity index (χ1v) is 12.7. The topological polar surface area (TPSA) is 117 Å². The van der Waals surface area contributed by atoms with Crippen LogP contribution in [0.1, 0.15) is 36.8 Å². The number of non-ortho nitro benzene ring substituents is 1. The molecule has 192 valence electrons. The highest BCUT2D eigenvalue weighted by Crippen LogP contribution is 2.31. The van der Waals surface area contributed by atoms with Crippen molar-refractivity contribution in [2.45, 2.75) is 26.8 Å². The van der Waals surface area contributed by atoms with Gasteiger partial charge >= 0.3 is 5.97 Å². The van der Waals surface area contributed by atoms with Gasteiger partial charge in [-0.05, 0) is 50.6 Å². The molecule has 2 aromatic carbocycles. The fraction of sp³-hybridized carbons (Fsp3) is 0.179. The minimum Gasteiger partial charge on any atom is -0.463 e. The number of furan rings is 1. The van der Waals surface area contributed by atoms with Crippen LogP contribution in [0.5, 0.6) is 0 Å². The monoisotopic (exact) mass is 529 g/mol. The molecule has 5 rings (SSSR count). The van der Waals surface area contributed by atoms with E-state index in [1.54, 1.807) is 44.2 Å². The summed E-state index contributed by atoms with van der Waals surface area (Å²) in [6.45, 7) is 5.65. The van der Waals surface area contributed by atoms with Crippen molar-refractivity contribution in [3.8, 4) is 11.3 Å². The van der Waals surface area contributed by atoms with E-state index in [2.05, 4.69) is 4.99 Å². The van der Waals surface area contributed by atoms with Gasteiger partial charge in [0, 0.05) is 23.8 Å². The highest BCUT2D eigenvalue weighted by atomic mass is 32.1. The van der Waals surface area contributed by atoms with Crippen LogP contribution in [-0.2, 0) is 9.53 Å². The normalized spacial score (nSPS) is 15.2. The van der Waals surface area contributed by atoms with E-state index in [1.165, 1.54) is 28.0 Å². The van der Waals surface area contributed by atoms with Gasteiger partial charge in [0.1, 0.15) is 11.5 Å². The van der Waals surface area contributed by atoms with E-state index in [9.17, 15) is 19.7 Å². The summed E-state index contributed by atoms with van der Waals surface area (Å²) in [6, 6.07) is 16.5. The van der Waals surface area contributed by atoms with Crippen LogP contribution < -0.4 is 14.9 Å². The number of carbonyl (C=O) groups is 1. The number of allylic oxidation sites excluding steroid dienone is 1. The van der Waals surface area contributed by atoms with Crippen molar-refractivity contribution in [2.75, 3.05) is 6.61 Å². The number of nitro benzene ring substituents is 1. The average molecular weight is 530 g/mol. The molecule has 0 fully saturated rings. The van der Waals surface area contributed by atoms with Crippen molar-refractivity contribution < 1.29 is 18.9 Å².